The zero-order valence-corrected chi connectivity index (χ0v) is 15.5. The molecule has 0 spiro atoms. The third kappa shape index (κ3) is 4.14. The van der Waals surface area contributed by atoms with Gasteiger partial charge < -0.3 is 14.8 Å². The maximum atomic E-state index is 12.4. The Balaban J connectivity index is 1.24. The van der Waals surface area contributed by atoms with E-state index in [0.29, 0.717) is 19.5 Å². The van der Waals surface area contributed by atoms with Crippen LogP contribution in [-0.4, -0.2) is 53.0 Å². The largest absolute Gasteiger partial charge is 0.353 e. The number of aromatic nitrogens is 1. The first-order valence-corrected chi connectivity index (χ1v) is 9.81. The van der Waals surface area contributed by atoms with Crippen molar-refractivity contribution in [1.82, 2.24) is 25.6 Å². The molecular weight excluding hydrogens is 342 g/mol. The van der Waals surface area contributed by atoms with Gasteiger partial charge in [-0.25, -0.2) is 5.43 Å². The number of hydrogen-bond donors (Lipinski definition) is 3. The molecule has 0 saturated carbocycles. The topological polar surface area (TPSA) is 78.4 Å². The van der Waals surface area contributed by atoms with Crippen molar-refractivity contribution >= 4 is 22.7 Å². The number of nitrogens with one attached hydrogen (secondary N) is 3. The second kappa shape index (κ2) is 8.10. The van der Waals surface area contributed by atoms with E-state index in [1.54, 1.807) is 0 Å². The third-order valence-electron chi connectivity index (χ3n) is 5.50. The van der Waals surface area contributed by atoms with Crippen molar-refractivity contribution in [3.8, 4) is 0 Å². The molecule has 0 aliphatic carbocycles. The molecule has 1 aromatic carbocycles. The monoisotopic (exact) mass is 369 g/mol. The molecule has 27 heavy (non-hydrogen) atoms. The molecule has 4 rings (SSSR count). The number of nitrogens with zero attached hydrogens (tertiary/aromatic N) is 2. The van der Waals surface area contributed by atoms with E-state index in [1.807, 2.05) is 17.0 Å². The average Bonchev–Trinajstić information content (AvgIpc) is 3.31. The highest BCUT2D eigenvalue weighted by molar-refractivity contribution is 5.82. The summed E-state index contributed by atoms with van der Waals surface area (Å²) >= 11 is 0. The standard InChI is InChI=1S/C20H27N5O2/c26-19-7-3-4-10-24(19)12-9-21-20(27)17-13-16(22-23-17)14-25-11-8-15-5-1-2-6-18(15)25/h1-2,5-6,8,11,16-17,22-23H,3-4,7,9-10,12-14H2,(H,21,27). The van der Waals surface area contributed by atoms with E-state index in [-0.39, 0.29) is 23.9 Å². The Labute approximate surface area is 159 Å². The quantitative estimate of drug-likeness (QED) is 0.710. The van der Waals surface area contributed by atoms with Gasteiger partial charge in [0, 0.05) is 50.4 Å². The number of carbonyl (C=O) groups excluding carboxylic acids is 2. The molecular formula is C20H27N5O2. The Kier molecular flexibility index (Phi) is 5.40. The number of likely N-dealkylation sites (tertiary alicyclic amines) is 1. The smallest absolute Gasteiger partial charge is 0.238 e. The fourth-order valence-electron chi connectivity index (χ4n) is 3.99. The van der Waals surface area contributed by atoms with Gasteiger partial charge in [0.05, 0.1) is 0 Å². The van der Waals surface area contributed by atoms with Crippen LogP contribution in [0.4, 0.5) is 0 Å². The Bertz CT molecular complexity index is 818. The lowest BCUT2D eigenvalue weighted by molar-refractivity contribution is -0.133. The SMILES string of the molecule is O=C(NCCN1CCCCC1=O)C1CC(Cn2ccc3ccccc32)NN1. The summed E-state index contributed by atoms with van der Waals surface area (Å²) < 4.78 is 2.22. The van der Waals surface area contributed by atoms with Crippen LogP contribution in [0.5, 0.6) is 0 Å². The molecule has 3 N–H and O–H groups in total. The van der Waals surface area contributed by atoms with E-state index >= 15 is 0 Å². The molecule has 1 aromatic heterocycles. The number of fused-ring (bicyclic) bond motifs is 1. The van der Waals surface area contributed by atoms with Crippen LogP contribution >= 0.6 is 0 Å². The number of benzene rings is 1. The summed E-state index contributed by atoms with van der Waals surface area (Å²) in [4.78, 5) is 26.1. The molecule has 2 saturated heterocycles. The van der Waals surface area contributed by atoms with Crippen molar-refractivity contribution in [1.29, 1.82) is 0 Å². The fraction of sp³-hybridized carbons (Fsp3) is 0.500. The molecule has 3 heterocycles. The molecule has 144 valence electrons. The molecule has 7 heteroatoms. The number of para-hydroxylation sites is 1. The van der Waals surface area contributed by atoms with Gasteiger partial charge in [-0.05, 0) is 36.8 Å². The Hall–Kier alpha value is -2.38. The molecule has 2 fully saturated rings. The minimum Gasteiger partial charge on any atom is -0.353 e. The van der Waals surface area contributed by atoms with Gasteiger partial charge in [-0.1, -0.05) is 18.2 Å². The summed E-state index contributed by atoms with van der Waals surface area (Å²) in [7, 11) is 0. The summed E-state index contributed by atoms with van der Waals surface area (Å²) in [5, 5.41) is 4.19. The minimum atomic E-state index is -0.242. The van der Waals surface area contributed by atoms with Gasteiger partial charge in [-0.3, -0.25) is 15.0 Å². The van der Waals surface area contributed by atoms with E-state index in [1.165, 1.54) is 10.9 Å². The van der Waals surface area contributed by atoms with Crippen LogP contribution in [0.15, 0.2) is 36.5 Å². The van der Waals surface area contributed by atoms with Crippen molar-refractivity contribution in [3.05, 3.63) is 36.5 Å². The highest BCUT2D eigenvalue weighted by atomic mass is 16.2. The van der Waals surface area contributed by atoms with E-state index < -0.39 is 0 Å². The summed E-state index contributed by atoms with van der Waals surface area (Å²) in [6.45, 7) is 2.73. The zero-order valence-electron chi connectivity index (χ0n) is 15.5. The van der Waals surface area contributed by atoms with Crippen molar-refractivity contribution in [2.24, 2.45) is 0 Å². The van der Waals surface area contributed by atoms with Gasteiger partial charge in [0.25, 0.3) is 0 Å². The Morgan fingerprint density at radius 1 is 1.19 bits per heavy atom. The van der Waals surface area contributed by atoms with E-state index in [9.17, 15) is 9.59 Å². The molecule has 2 amide bonds. The minimum absolute atomic E-state index is 0.00757. The van der Waals surface area contributed by atoms with Crippen LogP contribution in [0.25, 0.3) is 10.9 Å². The first-order valence-electron chi connectivity index (χ1n) is 9.81. The highest BCUT2D eigenvalue weighted by Gasteiger charge is 2.29. The van der Waals surface area contributed by atoms with Crippen LogP contribution in [0.3, 0.4) is 0 Å². The van der Waals surface area contributed by atoms with Crippen molar-refractivity contribution in [2.75, 3.05) is 19.6 Å². The second-order valence-electron chi connectivity index (χ2n) is 7.43. The molecule has 2 unspecified atom stereocenters. The van der Waals surface area contributed by atoms with Crippen molar-refractivity contribution in [2.45, 2.75) is 44.3 Å². The number of hydrogen-bond acceptors (Lipinski definition) is 4. The van der Waals surface area contributed by atoms with Gasteiger partial charge in [0.1, 0.15) is 6.04 Å². The van der Waals surface area contributed by atoms with Crippen LogP contribution in [0.2, 0.25) is 0 Å². The fourth-order valence-corrected chi connectivity index (χ4v) is 3.99. The van der Waals surface area contributed by atoms with E-state index in [0.717, 1.165) is 32.4 Å². The Morgan fingerprint density at radius 2 is 2.07 bits per heavy atom. The lowest BCUT2D eigenvalue weighted by Gasteiger charge is -2.26. The molecule has 2 aromatic rings. The number of piperidine rings is 1. The highest BCUT2D eigenvalue weighted by Crippen LogP contribution is 2.17. The maximum absolute atomic E-state index is 12.4. The molecule has 0 bridgehead atoms. The molecule has 2 atom stereocenters. The molecule has 0 radical (unpaired) electrons. The van der Waals surface area contributed by atoms with Crippen LogP contribution < -0.4 is 16.2 Å². The summed E-state index contributed by atoms with van der Waals surface area (Å²) in [5.41, 5.74) is 7.56. The number of hydrazine groups is 1. The summed E-state index contributed by atoms with van der Waals surface area (Å²) in [6, 6.07) is 10.4. The third-order valence-corrected chi connectivity index (χ3v) is 5.50. The van der Waals surface area contributed by atoms with Crippen molar-refractivity contribution < 1.29 is 9.59 Å². The van der Waals surface area contributed by atoms with Crippen LogP contribution in [0.1, 0.15) is 25.7 Å². The maximum Gasteiger partial charge on any atom is 0.238 e. The molecule has 2 aliphatic rings. The van der Waals surface area contributed by atoms with E-state index in [4.69, 9.17) is 0 Å². The van der Waals surface area contributed by atoms with E-state index in [2.05, 4.69) is 45.1 Å². The summed E-state index contributed by atoms with van der Waals surface area (Å²) in [5.74, 6) is 0.196. The van der Waals surface area contributed by atoms with Crippen LogP contribution in [0, 0.1) is 0 Å². The first kappa shape index (κ1) is 18.0. The second-order valence-corrected chi connectivity index (χ2v) is 7.43. The normalized spacial score (nSPS) is 23.1. The predicted octanol–water partition coefficient (Wildman–Crippen LogP) is 1.01. The number of amides is 2. The van der Waals surface area contributed by atoms with Crippen molar-refractivity contribution in [3.63, 3.8) is 0 Å². The van der Waals surface area contributed by atoms with Gasteiger partial charge in [0.15, 0.2) is 0 Å². The molecule has 2 aliphatic heterocycles. The zero-order chi connectivity index (χ0) is 18.6. The van der Waals surface area contributed by atoms with Crippen LogP contribution in [-0.2, 0) is 16.1 Å². The van der Waals surface area contributed by atoms with Gasteiger partial charge in [-0.2, -0.15) is 0 Å². The first-order chi connectivity index (χ1) is 13.2. The lowest BCUT2D eigenvalue weighted by atomic mass is 10.1. The number of rotatable bonds is 6. The van der Waals surface area contributed by atoms with Gasteiger partial charge in [0.2, 0.25) is 11.8 Å². The average molecular weight is 369 g/mol. The lowest BCUT2D eigenvalue weighted by Crippen LogP contribution is -2.46. The predicted molar refractivity (Wildman–Crippen MR) is 104 cm³/mol. The number of carbonyl (C=O) groups is 2. The Morgan fingerprint density at radius 3 is 2.96 bits per heavy atom. The molecule has 7 nitrogen and oxygen atoms in total. The van der Waals surface area contributed by atoms with Gasteiger partial charge in [-0.15, -0.1) is 0 Å². The summed E-state index contributed by atoms with van der Waals surface area (Å²) in [6.07, 6.45) is 5.51. The van der Waals surface area contributed by atoms with Gasteiger partial charge >= 0.3 is 0 Å².